The quantitative estimate of drug-likeness (QED) is 0.262. The molecule has 0 aromatic heterocycles. The van der Waals surface area contributed by atoms with E-state index in [4.69, 9.17) is 5.11 Å². The first-order chi connectivity index (χ1) is 8.02. The Bertz CT molecular complexity index is 520. The predicted molar refractivity (Wildman–Crippen MR) is 54.1 cm³/mol. The van der Waals surface area contributed by atoms with Gasteiger partial charge in [0, 0.05) is 5.57 Å². The van der Waals surface area contributed by atoms with E-state index in [1.165, 1.54) is 6.07 Å². The SMILES string of the molecule is O=C/C(=C\[O-])c1cccc(C(=O)O)c1[N+](=O)[O-]. The fourth-order valence-electron chi connectivity index (χ4n) is 1.30. The van der Waals surface area contributed by atoms with Crippen LogP contribution in [0.5, 0.6) is 0 Å². The second-order valence-electron chi connectivity index (χ2n) is 2.96. The van der Waals surface area contributed by atoms with Gasteiger partial charge in [0.1, 0.15) is 11.8 Å². The Morgan fingerprint density at radius 2 is 1.94 bits per heavy atom. The number of hydrogen-bond donors (Lipinski definition) is 1. The molecular formula is C10H6NO6-. The Labute approximate surface area is 94.8 Å². The van der Waals surface area contributed by atoms with Crippen LogP contribution in [-0.4, -0.2) is 22.3 Å². The monoisotopic (exact) mass is 236 g/mol. The lowest BCUT2D eigenvalue weighted by Crippen LogP contribution is -2.06. The number of benzene rings is 1. The van der Waals surface area contributed by atoms with Crippen molar-refractivity contribution in [3.05, 3.63) is 45.7 Å². The zero-order valence-corrected chi connectivity index (χ0v) is 8.32. The van der Waals surface area contributed by atoms with Crippen molar-refractivity contribution in [2.75, 3.05) is 0 Å². The molecule has 1 N–H and O–H groups in total. The highest BCUT2D eigenvalue weighted by molar-refractivity contribution is 6.09. The lowest BCUT2D eigenvalue weighted by Gasteiger charge is -2.06. The van der Waals surface area contributed by atoms with E-state index < -0.39 is 27.7 Å². The first-order valence-corrected chi connectivity index (χ1v) is 4.31. The summed E-state index contributed by atoms with van der Waals surface area (Å²) in [6.45, 7) is 0. The van der Waals surface area contributed by atoms with E-state index >= 15 is 0 Å². The molecule has 7 nitrogen and oxygen atoms in total. The number of carbonyl (C=O) groups excluding carboxylic acids is 1. The van der Waals surface area contributed by atoms with Gasteiger partial charge in [0.2, 0.25) is 0 Å². The van der Waals surface area contributed by atoms with E-state index in [2.05, 4.69) is 0 Å². The van der Waals surface area contributed by atoms with Gasteiger partial charge in [0.05, 0.1) is 10.5 Å². The molecule has 0 aliphatic heterocycles. The molecule has 0 aliphatic rings. The van der Waals surface area contributed by atoms with Crippen LogP contribution in [0.1, 0.15) is 15.9 Å². The fraction of sp³-hybridized carbons (Fsp3) is 0. The van der Waals surface area contributed by atoms with Gasteiger partial charge in [-0.2, -0.15) is 0 Å². The lowest BCUT2D eigenvalue weighted by molar-refractivity contribution is -0.385. The van der Waals surface area contributed by atoms with Gasteiger partial charge in [-0.15, -0.1) is 6.26 Å². The number of rotatable bonds is 4. The van der Waals surface area contributed by atoms with Crippen molar-refractivity contribution >= 4 is 23.5 Å². The number of para-hydroxylation sites is 1. The molecule has 0 saturated carbocycles. The van der Waals surface area contributed by atoms with Crippen molar-refractivity contribution in [2.24, 2.45) is 0 Å². The van der Waals surface area contributed by atoms with Crippen LogP contribution in [0.4, 0.5) is 5.69 Å². The zero-order valence-electron chi connectivity index (χ0n) is 8.32. The Morgan fingerprint density at radius 3 is 2.35 bits per heavy atom. The van der Waals surface area contributed by atoms with E-state index in [0.717, 1.165) is 12.1 Å². The number of carboxylic acid groups (broad SMARTS) is 1. The summed E-state index contributed by atoms with van der Waals surface area (Å²) >= 11 is 0. The van der Waals surface area contributed by atoms with Gasteiger partial charge in [-0.1, -0.05) is 6.07 Å². The summed E-state index contributed by atoms with van der Waals surface area (Å²) in [5, 5.41) is 30.1. The third kappa shape index (κ3) is 2.28. The van der Waals surface area contributed by atoms with Gasteiger partial charge in [-0.3, -0.25) is 14.9 Å². The second-order valence-corrected chi connectivity index (χ2v) is 2.96. The van der Waals surface area contributed by atoms with Crippen molar-refractivity contribution in [3.63, 3.8) is 0 Å². The van der Waals surface area contributed by atoms with Crippen LogP contribution in [0.2, 0.25) is 0 Å². The molecule has 0 fully saturated rings. The van der Waals surface area contributed by atoms with Crippen molar-refractivity contribution in [1.29, 1.82) is 0 Å². The maximum Gasteiger partial charge on any atom is 0.342 e. The van der Waals surface area contributed by atoms with Gasteiger partial charge in [0.25, 0.3) is 5.69 Å². The highest BCUT2D eigenvalue weighted by Gasteiger charge is 2.25. The maximum atomic E-state index is 10.8. The second kappa shape index (κ2) is 4.88. The molecule has 1 aromatic rings. The van der Waals surface area contributed by atoms with Gasteiger partial charge in [-0.05, 0) is 12.1 Å². The lowest BCUT2D eigenvalue weighted by atomic mass is 10.0. The number of nitro benzene ring substituents is 1. The van der Waals surface area contributed by atoms with E-state index in [1.807, 2.05) is 0 Å². The predicted octanol–water partition coefficient (Wildman–Crippen LogP) is 0.193. The maximum absolute atomic E-state index is 10.8. The molecule has 88 valence electrons. The van der Waals surface area contributed by atoms with Crippen LogP contribution in [-0.2, 0) is 4.79 Å². The van der Waals surface area contributed by atoms with E-state index in [0.29, 0.717) is 0 Å². The first-order valence-electron chi connectivity index (χ1n) is 4.31. The summed E-state index contributed by atoms with van der Waals surface area (Å²) in [7, 11) is 0. The average Bonchev–Trinajstić information content (AvgIpc) is 2.30. The summed E-state index contributed by atoms with van der Waals surface area (Å²) in [6, 6.07) is 3.39. The number of aromatic carboxylic acids is 1. The Morgan fingerprint density at radius 1 is 1.35 bits per heavy atom. The molecule has 0 atom stereocenters. The molecular weight excluding hydrogens is 230 g/mol. The molecule has 0 aliphatic carbocycles. The average molecular weight is 236 g/mol. The minimum Gasteiger partial charge on any atom is -0.877 e. The number of nitro groups is 1. The van der Waals surface area contributed by atoms with Gasteiger partial charge in [-0.25, -0.2) is 4.79 Å². The van der Waals surface area contributed by atoms with Crippen LogP contribution < -0.4 is 5.11 Å². The van der Waals surface area contributed by atoms with Crippen LogP contribution in [0.25, 0.3) is 5.57 Å². The van der Waals surface area contributed by atoms with E-state index in [9.17, 15) is 24.8 Å². The van der Waals surface area contributed by atoms with Crippen LogP contribution in [0, 0.1) is 10.1 Å². The third-order valence-electron chi connectivity index (χ3n) is 2.01. The normalized spacial score (nSPS) is 10.9. The summed E-state index contributed by atoms with van der Waals surface area (Å²) in [4.78, 5) is 31.2. The highest BCUT2D eigenvalue weighted by atomic mass is 16.6. The highest BCUT2D eigenvalue weighted by Crippen LogP contribution is 2.28. The first kappa shape index (κ1) is 12.4. The Kier molecular flexibility index (Phi) is 3.55. The van der Waals surface area contributed by atoms with E-state index in [-0.39, 0.29) is 18.1 Å². The Hall–Kier alpha value is -2.70. The molecule has 7 heteroatoms. The molecule has 1 rings (SSSR count). The van der Waals surface area contributed by atoms with Crippen molar-refractivity contribution in [1.82, 2.24) is 0 Å². The molecule has 0 heterocycles. The van der Waals surface area contributed by atoms with Crippen LogP contribution in [0.3, 0.4) is 0 Å². The molecule has 17 heavy (non-hydrogen) atoms. The van der Waals surface area contributed by atoms with Gasteiger partial charge >= 0.3 is 5.97 Å². The van der Waals surface area contributed by atoms with Crippen LogP contribution >= 0.6 is 0 Å². The molecule has 0 saturated heterocycles. The Balaban J connectivity index is 3.62. The largest absolute Gasteiger partial charge is 0.877 e. The molecule has 0 amide bonds. The summed E-state index contributed by atoms with van der Waals surface area (Å²) in [5.41, 5.74) is -2.12. The molecule has 1 aromatic carbocycles. The number of aldehydes is 1. The van der Waals surface area contributed by atoms with Crippen molar-refractivity contribution in [2.45, 2.75) is 0 Å². The van der Waals surface area contributed by atoms with E-state index in [1.54, 1.807) is 0 Å². The van der Waals surface area contributed by atoms with Crippen molar-refractivity contribution in [3.8, 4) is 0 Å². The number of nitrogens with zero attached hydrogens (tertiary/aromatic N) is 1. The van der Waals surface area contributed by atoms with Gasteiger partial charge < -0.3 is 10.2 Å². The summed E-state index contributed by atoms with van der Waals surface area (Å²) in [6.07, 6.45) is 0.280. The molecule has 0 spiro atoms. The minimum atomic E-state index is -1.50. The number of carboxylic acids is 1. The smallest absolute Gasteiger partial charge is 0.342 e. The summed E-state index contributed by atoms with van der Waals surface area (Å²) < 4.78 is 0. The topological polar surface area (TPSA) is 121 Å². The standard InChI is InChI=1S/C10H7NO6/c12-4-6(5-13)7-2-1-3-8(10(14)15)9(7)11(16)17/h1-5,12H,(H,14,15)/p-1/b6-4+. The van der Waals surface area contributed by atoms with Crippen molar-refractivity contribution < 1.29 is 24.7 Å². The molecule has 0 radical (unpaired) electrons. The number of allylic oxidation sites excluding steroid dienone is 1. The molecule has 0 unspecified atom stereocenters. The van der Waals surface area contributed by atoms with Crippen LogP contribution in [0.15, 0.2) is 24.5 Å². The summed E-state index contributed by atoms with van der Waals surface area (Å²) in [5.74, 6) is -1.50. The minimum absolute atomic E-state index is 0.140. The number of carbonyl (C=O) groups is 2. The fourth-order valence-corrected chi connectivity index (χ4v) is 1.30. The molecule has 0 bridgehead atoms. The third-order valence-corrected chi connectivity index (χ3v) is 2.01. The van der Waals surface area contributed by atoms with Gasteiger partial charge in [0.15, 0.2) is 0 Å². The zero-order chi connectivity index (χ0) is 13.0. The number of hydrogen-bond acceptors (Lipinski definition) is 5.